The predicted molar refractivity (Wildman–Crippen MR) is 108 cm³/mol. The fourth-order valence-corrected chi connectivity index (χ4v) is 2.68. The Morgan fingerprint density at radius 1 is 1.07 bits per heavy atom. The van der Waals surface area contributed by atoms with Crippen LogP contribution >= 0.6 is 11.6 Å². The number of hydrogen-bond donors (Lipinski definition) is 0. The van der Waals surface area contributed by atoms with Crippen molar-refractivity contribution in [2.24, 2.45) is 10.9 Å². The van der Waals surface area contributed by atoms with Crippen molar-refractivity contribution in [2.45, 2.75) is 6.92 Å². The van der Waals surface area contributed by atoms with Gasteiger partial charge in [0.2, 0.25) is 0 Å². The van der Waals surface area contributed by atoms with Crippen LogP contribution in [0.25, 0.3) is 0 Å². The van der Waals surface area contributed by atoms with Crippen LogP contribution in [-0.4, -0.2) is 44.8 Å². The van der Waals surface area contributed by atoms with Crippen molar-refractivity contribution in [1.82, 2.24) is 0 Å². The monoisotopic (exact) mass is 403 g/mol. The molecular formula is C21H22ClNO5. The molecule has 148 valence electrons. The molecule has 0 aromatic heterocycles. The SMILES string of the molecule is CN=C(C)C(C(=O)OC)C(=O)c1cccc(OCCOc2ccccc2Cl)c1. The molecule has 0 radical (unpaired) electrons. The molecule has 2 aromatic carbocycles. The number of methoxy groups -OCH3 is 1. The Bertz CT molecular complexity index is 865. The topological polar surface area (TPSA) is 74.2 Å². The number of aliphatic imine (C=N–C) groups is 1. The van der Waals surface area contributed by atoms with Gasteiger partial charge in [-0.2, -0.15) is 0 Å². The van der Waals surface area contributed by atoms with E-state index in [-0.39, 0.29) is 13.2 Å². The summed E-state index contributed by atoms with van der Waals surface area (Å²) in [6, 6.07) is 13.8. The van der Waals surface area contributed by atoms with Crippen LogP contribution in [0.1, 0.15) is 17.3 Å². The number of Topliss-reactive ketones (excluding diaryl/α,β-unsaturated/α-hetero) is 1. The van der Waals surface area contributed by atoms with Gasteiger partial charge in [-0.25, -0.2) is 0 Å². The first-order valence-electron chi connectivity index (χ1n) is 8.63. The highest BCUT2D eigenvalue weighted by molar-refractivity contribution is 6.32. The lowest BCUT2D eigenvalue weighted by atomic mass is 9.93. The molecule has 0 aliphatic carbocycles. The summed E-state index contributed by atoms with van der Waals surface area (Å²) in [5.41, 5.74) is 0.722. The summed E-state index contributed by atoms with van der Waals surface area (Å²) in [6.45, 7) is 2.17. The molecule has 0 N–H and O–H groups in total. The Balaban J connectivity index is 2.01. The van der Waals surface area contributed by atoms with E-state index >= 15 is 0 Å². The molecule has 1 atom stereocenters. The molecule has 0 saturated heterocycles. The lowest BCUT2D eigenvalue weighted by molar-refractivity contribution is -0.141. The van der Waals surface area contributed by atoms with Crippen LogP contribution in [-0.2, 0) is 9.53 Å². The van der Waals surface area contributed by atoms with E-state index in [0.29, 0.717) is 27.8 Å². The first-order chi connectivity index (χ1) is 13.5. The molecule has 0 bridgehead atoms. The minimum atomic E-state index is -1.08. The van der Waals surface area contributed by atoms with Crippen LogP contribution in [0, 0.1) is 5.92 Å². The lowest BCUT2D eigenvalue weighted by Gasteiger charge is -2.14. The second-order valence-electron chi connectivity index (χ2n) is 5.84. The van der Waals surface area contributed by atoms with Crippen LogP contribution in [0.15, 0.2) is 53.5 Å². The molecule has 0 amide bonds. The number of carbonyl (C=O) groups excluding carboxylic acids is 2. The summed E-state index contributed by atoms with van der Waals surface area (Å²) >= 11 is 6.03. The summed E-state index contributed by atoms with van der Waals surface area (Å²) in [7, 11) is 2.77. The van der Waals surface area contributed by atoms with Crippen molar-refractivity contribution in [2.75, 3.05) is 27.4 Å². The van der Waals surface area contributed by atoms with E-state index in [0.717, 1.165) is 0 Å². The van der Waals surface area contributed by atoms with Crippen LogP contribution in [0.5, 0.6) is 11.5 Å². The number of ketones is 1. The van der Waals surface area contributed by atoms with Crippen LogP contribution in [0.4, 0.5) is 0 Å². The number of carbonyl (C=O) groups is 2. The summed E-state index contributed by atoms with van der Waals surface area (Å²) < 4.78 is 16.0. The highest BCUT2D eigenvalue weighted by Crippen LogP contribution is 2.23. The van der Waals surface area contributed by atoms with Gasteiger partial charge in [0.25, 0.3) is 0 Å². The van der Waals surface area contributed by atoms with Gasteiger partial charge >= 0.3 is 5.97 Å². The number of rotatable bonds is 9. The van der Waals surface area contributed by atoms with E-state index in [9.17, 15) is 9.59 Å². The molecular weight excluding hydrogens is 382 g/mol. The molecule has 0 saturated carbocycles. The highest BCUT2D eigenvalue weighted by Gasteiger charge is 2.31. The molecule has 0 aliphatic rings. The number of para-hydroxylation sites is 1. The van der Waals surface area contributed by atoms with Gasteiger partial charge in [-0.05, 0) is 31.2 Å². The Labute approximate surface area is 169 Å². The fraction of sp³-hybridized carbons (Fsp3) is 0.286. The zero-order valence-electron chi connectivity index (χ0n) is 16.0. The van der Waals surface area contributed by atoms with Crippen molar-refractivity contribution in [3.05, 3.63) is 59.1 Å². The third kappa shape index (κ3) is 5.57. The molecule has 6 nitrogen and oxygen atoms in total. The number of ether oxygens (including phenoxy) is 3. The van der Waals surface area contributed by atoms with Gasteiger partial charge in [-0.3, -0.25) is 14.6 Å². The van der Waals surface area contributed by atoms with Gasteiger partial charge < -0.3 is 14.2 Å². The second-order valence-corrected chi connectivity index (χ2v) is 6.25. The Kier molecular flexibility index (Phi) is 8.02. The van der Waals surface area contributed by atoms with Crippen molar-refractivity contribution < 1.29 is 23.8 Å². The molecule has 0 spiro atoms. The maximum Gasteiger partial charge on any atom is 0.322 e. The molecule has 0 aliphatic heterocycles. The van der Waals surface area contributed by atoms with Gasteiger partial charge in [0, 0.05) is 18.3 Å². The summed E-state index contributed by atoms with van der Waals surface area (Å²) in [5, 5.41) is 0.525. The summed E-state index contributed by atoms with van der Waals surface area (Å²) in [6.07, 6.45) is 0. The molecule has 28 heavy (non-hydrogen) atoms. The Morgan fingerprint density at radius 3 is 2.46 bits per heavy atom. The smallest absolute Gasteiger partial charge is 0.322 e. The summed E-state index contributed by atoms with van der Waals surface area (Å²) in [4.78, 5) is 28.7. The molecule has 1 unspecified atom stereocenters. The third-order valence-corrected chi connectivity index (χ3v) is 4.35. The minimum Gasteiger partial charge on any atom is -0.490 e. The number of halogens is 1. The quantitative estimate of drug-likeness (QED) is 0.209. The van der Waals surface area contributed by atoms with Crippen molar-refractivity contribution in [3.8, 4) is 11.5 Å². The molecule has 2 rings (SSSR count). The predicted octanol–water partition coefficient (Wildman–Crippen LogP) is 3.86. The number of hydrogen-bond acceptors (Lipinski definition) is 6. The van der Waals surface area contributed by atoms with Crippen molar-refractivity contribution in [3.63, 3.8) is 0 Å². The van der Waals surface area contributed by atoms with Gasteiger partial charge in [0.05, 0.1) is 12.1 Å². The van der Waals surface area contributed by atoms with Gasteiger partial charge in [0.1, 0.15) is 24.7 Å². The third-order valence-electron chi connectivity index (χ3n) is 4.03. The van der Waals surface area contributed by atoms with E-state index in [1.807, 2.05) is 12.1 Å². The highest BCUT2D eigenvalue weighted by atomic mass is 35.5. The van der Waals surface area contributed by atoms with Crippen LogP contribution < -0.4 is 9.47 Å². The first kappa shape index (κ1) is 21.4. The van der Waals surface area contributed by atoms with E-state index in [1.165, 1.54) is 14.2 Å². The average Bonchev–Trinajstić information content (AvgIpc) is 2.72. The number of nitrogens with zero attached hydrogens (tertiary/aromatic N) is 1. The standard InChI is InChI=1S/C21H22ClNO5/c1-14(23-2)19(21(25)26-3)20(24)15-7-6-8-16(13-15)27-11-12-28-18-10-5-4-9-17(18)22/h4-10,13,19H,11-12H2,1-3H3. The second kappa shape index (κ2) is 10.5. The average molecular weight is 404 g/mol. The molecule has 0 fully saturated rings. The maximum absolute atomic E-state index is 12.8. The first-order valence-corrected chi connectivity index (χ1v) is 9.01. The zero-order valence-corrected chi connectivity index (χ0v) is 16.7. The van der Waals surface area contributed by atoms with Gasteiger partial charge in [0.15, 0.2) is 11.7 Å². The van der Waals surface area contributed by atoms with E-state index in [4.69, 9.17) is 25.8 Å². The number of esters is 1. The number of benzene rings is 2. The lowest BCUT2D eigenvalue weighted by Crippen LogP contribution is -2.31. The fourth-order valence-electron chi connectivity index (χ4n) is 2.49. The van der Waals surface area contributed by atoms with E-state index in [2.05, 4.69) is 4.99 Å². The normalized spacial score (nSPS) is 12.2. The minimum absolute atomic E-state index is 0.263. The molecule has 7 heteroatoms. The summed E-state index contributed by atoms with van der Waals surface area (Å²) in [5.74, 6) is -1.05. The van der Waals surface area contributed by atoms with Crippen LogP contribution in [0.3, 0.4) is 0 Å². The molecule has 0 heterocycles. The van der Waals surface area contributed by atoms with Crippen LogP contribution in [0.2, 0.25) is 5.02 Å². The van der Waals surface area contributed by atoms with E-state index < -0.39 is 17.7 Å². The van der Waals surface area contributed by atoms with Crippen molar-refractivity contribution in [1.29, 1.82) is 0 Å². The van der Waals surface area contributed by atoms with Crippen molar-refractivity contribution >= 4 is 29.1 Å². The Hall–Kier alpha value is -2.86. The zero-order chi connectivity index (χ0) is 20.5. The largest absolute Gasteiger partial charge is 0.490 e. The maximum atomic E-state index is 12.8. The Morgan fingerprint density at radius 2 is 1.79 bits per heavy atom. The molecule has 2 aromatic rings. The van der Waals surface area contributed by atoms with E-state index in [1.54, 1.807) is 43.3 Å². The van der Waals surface area contributed by atoms with Gasteiger partial charge in [-0.1, -0.05) is 35.9 Å². The van der Waals surface area contributed by atoms with Gasteiger partial charge in [-0.15, -0.1) is 0 Å².